The van der Waals surface area contributed by atoms with Gasteiger partial charge in [0.1, 0.15) is 12.4 Å². The van der Waals surface area contributed by atoms with Gasteiger partial charge in [-0.05, 0) is 17.7 Å². The van der Waals surface area contributed by atoms with Gasteiger partial charge in [-0.25, -0.2) is 0 Å². The highest BCUT2D eigenvalue weighted by atomic mass is 127. The van der Waals surface area contributed by atoms with Crippen molar-refractivity contribution in [2.24, 2.45) is 4.99 Å². The lowest BCUT2D eigenvalue weighted by Gasteiger charge is -2.15. The molecule has 1 aromatic rings. The van der Waals surface area contributed by atoms with Gasteiger partial charge in [-0.2, -0.15) is 0 Å². The second-order valence-corrected chi connectivity index (χ2v) is 4.22. The van der Waals surface area contributed by atoms with Crippen molar-refractivity contribution in [2.45, 2.75) is 6.54 Å². The predicted octanol–water partition coefficient (Wildman–Crippen LogP) is 2.26. The molecule has 0 saturated carbocycles. The van der Waals surface area contributed by atoms with E-state index in [1.165, 1.54) is 5.56 Å². The fourth-order valence-electron chi connectivity index (χ4n) is 1.76. The van der Waals surface area contributed by atoms with Gasteiger partial charge in [-0.1, -0.05) is 24.8 Å². The molecule has 0 aliphatic carbocycles. The zero-order chi connectivity index (χ0) is 12.8. The number of nitrogens with one attached hydrogen (secondary N) is 1. The third-order valence-corrected chi connectivity index (χ3v) is 2.80. The van der Waals surface area contributed by atoms with Crippen LogP contribution in [0.3, 0.4) is 0 Å². The van der Waals surface area contributed by atoms with E-state index in [1.807, 2.05) is 19.2 Å². The average Bonchev–Trinajstić information content (AvgIpc) is 2.81. The Morgan fingerprint density at radius 3 is 2.74 bits per heavy atom. The third-order valence-electron chi connectivity index (χ3n) is 2.80. The summed E-state index contributed by atoms with van der Waals surface area (Å²) in [6, 6.07) is 8.06. The van der Waals surface area contributed by atoms with Crippen molar-refractivity contribution >= 4 is 29.9 Å². The van der Waals surface area contributed by atoms with Gasteiger partial charge in [0.15, 0.2) is 5.96 Å². The number of benzene rings is 1. The van der Waals surface area contributed by atoms with Crippen molar-refractivity contribution in [2.75, 3.05) is 26.7 Å². The monoisotopic (exact) mass is 373 g/mol. The number of nitrogens with zero attached hydrogens (tertiary/aromatic N) is 2. The molecule has 1 aliphatic rings. The van der Waals surface area contributed by atoms with Gasteiger partial charge in [-0.3, -0.25) is 4.99 Å². The van der Waals surface area contributed by atoms with Crippen molar-refractivity contribution in [3.8, 4) is 5.75 Å². The molecule has 0 radical (unpaired) electrons. The lowest BCUT2D eigenvalue weighted by Crippen LogP contribution is -2.35. The van der Waals surface area contributed by atoms with E-state index < -0.39 is 0 Å². The van der Waals surface area contributed by atoms with Crippen LogP contribution in [0.4, 0.5) is 0 Å². The highest BCUT2D eigenvalue weighted by Crippen LogP contribution is 2.12. The molecule has 0 amide bonds. The Kier molecular flexibility index (Phi) is 6.69. The molecule has 1 heterocycles. The standard InChI is InChI=1S/C14H19N3O.HI/c1-3-10-18-13-6-4-12(5-7-13)11-16-14-15-8-9-17(14)2;/h3-7H,1,8-11H2,2H3,(H,15,16);1H. The average molecular weight is 373 g/mol. The number of hydrogen-bond donors (Lipinski definition) is 1. The first kappa shape index (κ1) is 15.8. The highest BCUT2D eigenvalue weighted by Gasteiger charge is 2.10. The highest BCUT2D eigenvalue weighted by molar-refractivity contribution is 14.0. The Morgan fingerprint density at radius 1 is 1.42 bits per heavy atom. The second-order valence-electron chi connectivity index (χ2n) is 4.22. The molecule has 0 saturated heterocycles. The topological polar surface area (TPSA) is 36.9 Å². The molecule has 2 rings (SSSR count). The first-order valence-corrected chi connectivity index (χ1v) is 6.11. The molecule has 1 aliphatic heterocycles. The molecule has 0 aromatic heterocycles. The van der Waals surface area contributed by atoms with Crippen LogP contribution in [0, 0.1) is 0 Å². The quantitative estimate of drug-likeness (QED) is 0.636. The molecule has 19 heavy (non-hydrogen) atoms. The van der Waals surface area contributed by atoms with Gasteiger partial charge in [-0.15, -0.1) is 24.0 Å². The smallest absolute Gasteiger partial charge is 0.194 e. The minimum absolute atomic E-state index is 0. The number of likely N-dealkylation sites (N-methyl/N-ethyl adjacent to an activating group) is 1. The van der Waals surface area contributed by atoms with Crippen LogP contribution >= 0.6 is 24.0 Å². The number of rotatable bonds is 5. The van der Waals surface area contributed by atoms with Crippen LogP contribution in [0.25, 0.3) is 0 Å². The molecular formula is C14H20IN3O. The maximum absolute atomic E-state index is 5.43. The Balaban J connectivity index is 0.00000180. The maximum Gasteiger partial charge on any atom is 0.194 e. The van der Waals surface area contributed by atoms with E-state index in [0.29, 0.717) is 6.61 Å². The van der Waals surface area contributed by atoms with Gasteiger partial charge >= 0.3 is 0 Å². The maximum atomic E-state index is 5.43. The molecule has 1 N–H and O–H groups in total. The van der Waals surface area contributed by atoms with Crippen LogP contribution in [-0.2, 0) is 6.54 Å². The summed E-state index contributed by atoms with van der Waals surface area (Å²) >= 11 is 0. The van der Waals surface area contributed by atoms with Crippen molar-refractivity contribution < 1.29 is 4.74 Å². The Morgan fingerprint density at radius 2 is 2.16 bits per heavy atom. The summed E-state index contributed by atoms with van der Waals surface area (Å²) in [6.45, 7) is 6.82. The van der Waals surface area contributed by atoms with Crippen molar-refractivity contribution in [1.29, 1.82) is 0 Å². The van der Waals surface area contributed by atoms with Crippen molar-refractivity contribution in [3.05, 3.63) is 42.5 Å². The zero-order valence-electron chi connectivity index (χ0n) is 11.1. The van der Waals surface area contributed by atoms with E-state index in [1.54, 1.807) is 6.08 Å². The lowest BCUT2D eigenvalue weighted by molar-refractivity contribution is 0.363. The molecule has 0 unspecified atom stereocenters. The molecule has 0 spiro atoms. The molecule has 1 aromatic carbocycles. The summed E-state index contributed by atoms with van der Waals surface area (Å²) < 4.78 is 5.43. The minimum Gasteiger partial charge on any atom is -0.490 e. The third kappa shape index (κ3) is 4.74. The molecule has 0 atom stereocenters. The zero-order valence-corrected chi connectivity index (χ0v) is 13.5. The molecule has 5 heteroatoms. The Labute approximate surface area is 131 Å². The largest absolute Gasteiger partial charge is 0.490 e. The second kappa shape index (κ2) is 8.04. The number of ether oxygens (including phenoxy) is 1. The summed E-state index contributed by atoms with van der Waals surface area (Å²) in [7, 11) is 2.05. The van der Waals surface area contributed by atoms with Gasteiger partial charge in [0.05, 0.1) is 6.54 Å². The first-order valence-electron chi connectivity index (χ1n) is 6.11. The minimum atomic E-state index is 0. The summed E-state index contributed by atoms with van der Waals surface area (Å²) in [4.78, 5) is 6.51. The molecule has 0 fully saturated rings. The number of guanidine groups is 1. The normalized spacial score (nSPS) is 13.5. The number of hydrogen-bond acceptors (Lipinski definition) is 4. The van der Waals surface area contributed by atoms with E-state index >= 15 is 0 Å². The van der Waals surface area contributed by atoms with Crippen LogP contribution in [0.15, 0.2) is 41.9 Å². The van der Waals surface area contributed by atoms with Crippen LogP contribution in [-0.4, -0.2) is 37.6 Å². The summed E-state index contributed by atoms with van der Waals surface area (Å²) in [5.41, 5.74) is 1.21. The summed E-state index contributed by atoms with van der Waals surface area (Å²) in [5, 5.41) is 3.33. The van der Waals surface area contributed by atoms with E-state index in [9.17, 15) is 0 Å². The molecule has 0 bridgehead atoms. The summed E-state index contributed by atoms with van der Waals surface area (Å²) in [5.74, 6) is 1.84. The Bertz CT molecular complexity index is 431. The summed E-state index contributed by atoms with van der Waals surface area (Å²) in [6.07, 6.45) is 1.74. The number of aliphatic imine (C=N–C) groups is 1. The Hall–Kier alpha value is -1.24. The van der Waals surface area contributed by atoms with Crippen LogP contribution in [0.2, 0.25) is 0 Å². The van der Waals surface area contributed by atoms with E-state index in [-0.39, 0.29) is 24.0 Å². The van der Waals surface area contributed by atoms with Crippen LogP contribution in [0.1, 0.15) is 5.56 Å². The van der Waals surface area contributed by atoms with E-state index in [4.69, 9.17) is 4.74 Å². The van der Waals surface area contributed by atoms with Crippen LogP contribution < -0.4 is 10.1 Å². The van der Waals surface area contributed by atoms with Gasteiger partial charge in [0, 0.05) is 20.1 Å². The van der Waals surface area contributed by atoms with E-state index in [2.05, 4.69) is 33.9 Å². The van der Waals surface area contributed by atoms with Gasteiger partial charge in [0.25, 0.3) is 0 Å². The molecular weight excluding hydrogens is 353 g/mol. The fraction of sp³-hybridized carbons (Fsp3) is 0.357. The predicted molar refractivity (Wildman–Crippen MR) is 89.3 cm³/mol. The number of halogens is 1. The SMILES string of the molecule is C=CCOc1ccc(CNC2=NCCN2C)cc1.I. The first-order chi connectivity index (χ1) is 8.79. The van der Waals surface area contributed by atoms with E-state index in [0.717, 1.165) is 31.3 Å². The lowest BCUT2D eigenvalue weighted by atomic mass is 10.2. The van der Waals surface area contributed by atoms with Crippen molar-refractivity contribution in [3.63, 3.8) is 0 Å². The molecule has 4 nitrogen and oxygen atoms in total. The molecule has 104 valence electrons. The van der Waals surface area contributed by atoms with Crippen LogP contribution in [0.5, 0.6) is 5.75 Å². The van der Waals surface area contributed by atoms with Crippen molar-refractivity contribution in [1.82, 2.24) is 10.2 Å². The van der Waals surface area contributed by atoms with Gasteiger partial charge < -0.3 is 15.0 Å². The fourth-order valence-corrected chi connectivity index (χ4v) is 1.76. The van der Waals surface area contributed by atoms with Gasteiger partial charge in [0.2, 0.25) is 0 Å².